The highest BCUT2D eigenvalue weighted by Gasteiger charge is 2.20. The standard InChI is InChI=1S/C14H20N2O/c1-10(2)12-9-16-8-11(14(3,4)17-5)6-7-13(16)15-12/h6-10H,1-5H3. The quantitative estimate of drug-likeness (QED) is 0.811. The molecule has 0 N–H and O–H groups in total. The fraction of sp³-hybridized carbons (Fsp3) is 0.500. The first-order valence-electron chi connectivity index (χ1n) is 5.98. The number of aromatic nitrogens is 2. The Morgan fingerprint density at radius 3 is 2.53 bits per heavy atom. The van der Waals surface area contributed by atoms with Gasteiger partial charge in [0.25, 0.3) is 0 Å². The van der Waals surface area contributed by atoms with Gasteiger partial charge in [-0.2, -0.15) is 0 Å². The Hall–Kier alpha value is -1.35. The maximum absolute atomic E-state index is 5.49. The second-order valence-corrected chi connectivity index (χ2v) is 5.22. The van der Waals surface area contributed by atoms with Gasteiger partial charge in [-0.05, 0) is 31.4 Å². The van der Waals surface area contributed by atoms with Crippen LogP contribution in [0.2, 0.25) is 0 Å². The molecular weight excluding hydrogens is 212 g/mol. The van der Waals surface area contributed by atoms with E-state index < -0.39 is 0 Å². The number of nitrogens with zero attached hydrogens (tertiary/aromatic N) is 2. The van der Waals surface area contributed by atoms with Crippen LogP contribution < -0.4 is 0 Å². The first kappa shape index (κ1) is 12.1. The van der Waals surface area contributed by atoms with E-state index in [0.29, 0.717) is 5.92 Å². The number of fused-ring (bicyclic) bond motifs is 1. The van der Waals surface area contributed by atoms with Crippen molar-refractivity contribution in [3.05, 3.63) is 35.8 Å². The van der Waals surface area contributed by atoms with Gasteiger partial charge in [0.1, 0.15) is 5.65 Å². The maximum atomic E-state index is 5.49. The Kier molecular flexibility index (Phi) is 2.96. The number of methoxy groups -OCH3 is 1. The van der Waals surface area contributed by atoms with Crippen LogP contribution >= 0.6 is 0 Å². The second-order valence-electron chi connectivity index (χ2n) is 5.22. The lowest BCUT2D eigenvalue weighted by Gasteiger charge is -2.23. The van der Waals surface area contributed by atoms with E-state index in [1.807, 2.05) is 6.07 Å². The molecule has 2 rings (SSSR count). The average molecular weight is 232 g/mol. The largest absolute Gasteiger partial charge is 0.374 e. The molecule has 2 heterocycles. The van der Waals surface area contributed by atoms with Gasteiger partial charge in [-0.3, -0.25) is 0 Å². The zero-order chi connectivity index (χ0) is 12.6. The first-order chi connectivity index (χ1) is 7.94. The minimum atomic E-state index is -0.267. The molecule has 0 fully saturated rings. The summed E-state index contributed by atoms with van der Waals surface area (Å²) in [6.07, 6.45) is 4.19. The molecule has 0 aliphatic carbocycles. The molecule has 0 bridgehead atoms. The van der Waals surface area contributed by atoms with Crippen LogP contribution in [-0.2, 0) is 10.3 Å². The van der Waals surface area contributed by atoms with E-state index in [-0.39, 0.29) is 5.60 Å². The van der Waals surface area contributed by atoms with Crippen LogP contribution in [0.5, 0.6) is 0 Å². The van der Waals surface area contributed by atoms with Crippen LogP contribution in [0.25, 0.3) is 5.65 Å². The monoisotopic (exact) mass is 232 g/mol. The third kappa shape index (κ3) is 2.20. The molecule has 17 heavy (non-hydrogen) atoms. The Morgan fingerprint density at radius 1 is 1.24 bits per heavy atom. The van der Waals surface area contributed by atoms with Crippen LogP contribution in [0.15, 0.2) is 24.5 Å². The third-order valence-corrected chi connectivity index (χ3v) is 3.27. The summed E-state index contributed by atoms with van der Waals surface area (Å²) in [7, 11) is 1.73. The molecule has 3 nitrogen and oxygen atoms in total. The summed E-state index contributed by atoms with van der Waals surface area (Å²) < 4.78 is 7.57. The van der Waals surface area contributed by atoms with Crippen molar-refractivity contribution in [1.29, 1.82) is 0 Å². The van der Waals surface area contributed by atoms with Gasteiger partial charge in [0, 0.05) is 19.5 Å². The number of imidazole rings is 1. The number of ether oxygens (including phenoxy) is 1. The number of hydrogen-bond donors (Lipinski definition) is 0. The highest BCUT2D eigenvalue weighted by atomic mass is 16.5. The van der Waals surface area contributed by atoms with E-state index in [0.717, 1.165) is 16.9 Å². The van der Waals surface area contributed by atoms with E-state index in [4.69, 9.17) is 4.74 Å². The molecule has 0 atom stereocenters. The molecule has 2 aromatic rings. The minimum Gasteiger partial charge on any atom is -0.374 e. The van der Waals surface area contributed by atoms with Gasteiger partial charge in [-0.25, -0.2) is 4.98 Å². The zero-order valence-corrected chi connectivity index (χ0v) is 11.2. The molecule has 0 aliphatic heterocycles. The molecule has 0 spiro atoms. The first-order valence-corrected chi connectivity index (χ1v) is 5.98. The van der Waals surface area contributed by atoms with E-state index >= 15 is 0 Å². The molecular formula is C14H20N2O. The van der Waals surface area contributed by atoms with Gasteiger partial charge in [0.2, 0.25) is 0 Å². The van der Waals surface area contributed by atoms with Crippen molar-refractivity contribution in [3.8, 4) is 0 Å². The third-order valence-electron chi connectivity index (χ3n) is 3.27. The van der Waals surface area contributed by atoms with Crippen molar-refractivity contribution >= 4 is 5.65 Å². The van der Waals surface area contributed by atoms with Gasteiger partial charge in [0.15, 0.2) is 0 Å². The van der Waals surface area contributed by atoms with Crippen LogP contribution in [0, 0.1) is 0 Å². The fourth-order valence-corrected chi connectivity index (χ4v) is 1.76. The molecule has 2 aromatic heterocycles. The van der Waals surface area contributed by atoms with Crippen LogP contribution in [-0.4, -0.2) is 16.5 Å². The van der Waals surface area contributed by atoms with Gasteiger partial charge < -0.3 is 9.14 Å². The van der Waals surface area contributed by atoms with Gasteiger partial charge >= 0.3 is 0 Å². The molecule has 3 heteroatoms. The predicted octanol–water partition coefficient (Wildman–Crippen LogP) is 3.34. The Labute approximate surface area is 102 Å². The summed E-state index contributed by atoms with van der Waals surface area (Å²) in [6.45, 7) is 8.44. The molecule has 0 saturated carbocycles. The molecule has 0 amide bonds. The average Bonchev–Trinajstić information content (AvgIpc) is 2.71. The number of hydrogen-bond acceptors (Lipinski definition) is 2. The van der Waals surface area contributed by atoms with Crippen LogP contribution in [0.4, 0.5) is 0 Å². The highest BCUT2D eigenvalue weighted by molar-refractivity contribution is 5.42. The number of rotatable bonds is 3. The maximum Gasteiger partial charge on any atom is 0.137 e. The summed E-state index contributed by atoms with van der Waals surface area (Å²) in [4.78, 5) is 4.58. The van der Waals surface area contributed by atoms with Crippen molar-refractivity contribution in [2.45, 2.75) is 39.2 Å². The van der Waals surface area contributed by atoms with Gasteiger partial charge in [0.05, 0.1) is 11.3 Å². The second kappa shape index (κ2) is 4.15. The Morgan fingerprint density at radius 2 is 1.94 bits per heavy atom. The molecule has 0 saturated heterocycles. The minimum absolute atomic E-state index is 0.267. The van der Waals surface area contributed by atoms with E-state index in [2.05, 4.69) is 55.5 Å². The fourth-order valence-electron chi connectivity index (χ4n) is 1.76. The summed E-state index contributed by atoms with van der Waals surface area (Å²) in [6, 6.07) is 4.12. The summed E-state index contributed by atoms with van der Waals surface area (Å²) in [5.74, 6) is 0.453. The Bertz CT molecular complexity index is 526. The molecule has 0 unspecified atom stereocenters. The van der Waals surface area contributed by atoms with E-state index in [9.17, 15) is 0 Å². The molecule has 92 valence electrons. The topological polar surface area (TPSA) is 26.5 Å². The molecule has 0 radical (unpaired) electrons. The van der Waals surface area contributed by atoms with Crippen molar-refractivity contribution < 1.29 is 4.74 Å². The van der Waals surface area contributed by atoms with Crippen molar-refractivity contribution in [3.63, 3.8) is 0 Å². The van der Waals surface area contributed by atoms with E-state index in [1.165, 1.54) is 0 Å². The molecule has 0 aromatic carbocycles. The number of pyridine rings is 1. The summed E-state index contributed by atoms with van der Waals surface area (Å²) >= 11 is 0. The van der Waals surface area contributed by atoms with Crippen molar-refractivity contribution in [2.75, 3.05) is 7.11 Å². The summed E-state index contributed by atoms with van der Waals surface area (Å²) in [5.41, 5.74) is 3.00. The molecule has 0 aliphatic rings. The lowest BCUT2D eigenvalue weighted by Crippen LogP contribution is -2.19. The van der Waals surface area contributed by atoms with Gasteiger partial charge in [-0.1, -0.05) is 19.9 Å². The SMILES string of the molecule is COC(C)(C)c1ccc2nc(C(C)C)cn2c1. The van der Waals surface area contributed by atoms with Crippen LogP contribution in [0.3, 0.4) is 0 Å². The lowest BCUT2D eigenvalue weighted by atomic mass is 10.0. The highest BCUT2D eigenvalue weighted by Crippen LogP contribution is 2.24. The van der Waals surface area contributed by atoms with E-state index in [1.54, 1.807) is 7.11 Å². The normalized spacial score (nSPS) is 12.6. The smallest absolute Gasteiger partial charge is 0.137 e. The predicted molar refractivity (Wildman–Crippen MR) is 69.3 cm³/mol. The lowest BCUT2D eigenvalue weighted by molar-refractivity contribution is 0.0189. The van der Waals surface area contributed by atoms with Crippen molar-refractivity contribution in [1.82, 2.24) is 9.38 Å². The van der Waals surface area contributed by atoms with Crippen molar-refractivity contribution in [2.24, 2.45) is 0 Å². The zero-order valence-electron chi connectivity index (χ0n) is 11.2. The van der Waals surface area contributed by atoms with Crippen LogP contribution in [0.1, 0.15) is 44.9 Å². The Balaban J connectivity index is 2.50. The van der Waals surface area contributed by atoms with Gasteiger partial charge in [-0.15, -0.1) is 0 Å². The summed E-state index contributed by atoms with van der Waals surface area (Å²) in [5, 5.41) is 0.